The van der Waals surface area contributed by atoms with Crippen LogP contribution in [0.3, 0.4) is 0 Å². The van der Waals surface area contributed by atoms with E-state index >= 15 is 0 Å². The summed E-state index contributed by atoms with van der Waals surface area (Å²) in [5.41, 5.74) is 3.20. The molecule has 0 saturated heterocycles. The van der Waals surface area contributed by atoms with Crippen molar-refractivity contribution in [3.63, 3.8) is 0 Å². The van der Waals surface area contributed by atoms with Crippen molar-refractivity contribution in [3.8, 4) is 0 Å². The van der Waals surface area contributed by atoms with Crippen LogP contribution in [0.25, 0.3) is 10.9 Å². The Labute approximate surface area is 111 Å². The van der Waals surface area contributed by atoms with Gasteiger partial charge in [-0.15, -0.1) is 0 Å². The van der Waals surface area contributed by atoms with E-state index in [4.69, 9.17) is 0 Å². The van der Waals surface area contributed by atoms with Gasteiger partial charge in [-0.2, -0.15) is 0 Å². The van der Waals surface area contributed by atoms with Crippen LogP contribution >= 0.6 is 0 Å². The van der Waals surface area contributed by atoms with Gasteiger partial charge in [0, 0.05) is 17.3 Å². The van der Waals surface area contributed by atoms with Crippen LogP contribution in [0.2, 0.25) is 0 Å². The van der Waals surface area contributed by atoms with Crippen LogP contribution in [0.5, 0.6) is 0 Å². The molecule has 0 bridgehead atoms. The van der Waals surface area contributed by atoms with Crippen molar-refractivity contribution in [2.24, 2.45) is 0 Å². The Morgan fingerprint density at radius 3 is 2.53 bits per heavy atom. The molecule has 2 heteroatoms. The first kappa shape index (κ1) is 10.6. The summed E-state index contributed by atoms with van der Waals surface area (Å²) >= 11 is 0. The number of aromatic nitrogens is 1. The SMILES string of the molecule is O=C1C[C@@H](c2ccccc2)n2c1cc1ccccc12. The van der Waals surface area contributed by atoms with Gasteiger partial charge in [0.25, 0.3) is 0 Å². The van der Waals surface area contributed by atoms with Gasteiger partial charge >= 0.3 is 0 Å². The van der Waals surface area contributed by atoms with Gasteiger partial charge in [0.1, 0.15) is 0 Å². The number of rotatable bonds is 1. The third-order valence-corrected chi connectivity index (χ3v) is 3.91. The molecule has 1 aliphatic heterocycles. The van der Waals surface area contributed by atoms with Gasteiger partial charge in [0.15, 0.2) is 5.78 Å². The first-order chi connectivity index (χ1) is 9.34. The summed E-state index contributed by atoms with van der Waals surface area (Å²) in [4.78, 5) is 12.2. The largest absolute Gasteiger partial charge is 0.330 e. The van der Waals surface area contributed by atoms with Crippen molar-refractivity contribution in [1.82, 2.24) is 4.57 Å². The zero-order valence-electron chi connectivity index (χ0n) is 10.4. The third-order valence-electron chi connectivity index (χ3n) is 3.91. The van der Waals surface area contributed by atoms with Crippen molar-refractivity contribution in [3.05, 3.63) is 71.9 Å². The number of carbonyl (C=O) groups is 1. The molecular weight excluding hydrogens is 234 g/mol. The molecule has 2 aromatic carbocycles. The summed E-state index contributed by atoms with van der Waals surface area (Å²) in [6.07, 6.45) is 0.574. The number of carbonyl (C=O) groups excluding carboxylic acids is 1. The standard InChI is InChI=1S/C17H13NO/c19-17-11-15(12-6-2-1-3-7-12)18-14-9-5-4-8-13(14)10-16(17)18/h1-10,15H,11H2/t15-/m0/s1. The zero-order valence-corrected chi connectivity index (χ0v) is 10.4. The summed E-state index contributed by atoms with van der Waals surface area (Å²) in [6, 6.07) is 20.6. The summed E-state index contributed by atoms with van der Waals surface area (Å²) < 4.78 is 2.19. The second kappa shape index (κ2) is 3.82. The molecule has 2 heterocycles. The van der Waals surface area contributed by atoms with Crippen molar-refractivity contribution in [1.29, 1.82) is 0 Å². The van der Waals surface area contributed by atoms with E-state index in [0.717, 1.165) is 16.6 Å². The number of nitrogens with zero attached hydrogens (tertiary/aromatic N) is 1. The van der Waals surface area contributed by atoms with Crippen LogP contribution < -0.4 is 0 Å². The van der Waals surface area contributed by atoms with E-state index in [1.807, 2.05) is 36.4 Å². The number of fused-ring (bicyclic) bond motifs is 3. The highest BCUT2D eigenvalue weighted by molar-refractivity contribution is 6.03. The fraction of sp³-hybridized carbons (Fsp3) is 0.118. The summed E-state index contributed by atoms with van der Waals surface area (Å²) in [6.45, 7) is 0. The lowest BCUT2D eigenvalue weighted by Crippen LogP contribution is -2.04. The molecule has 92 valence electrons. The quantitative estimate of drug-likeness (QED) is 0.640. The summed E-state index contributed by atoms with van der Waals surface area (Å²) in [5.74, 6) is 0.241. The minimum atomic E-state index is 0.142. The van der Waals surface area contributed by atoms with Crippen molar-refractivity contribution in [2.45, 2.75) is 12.5 Å². The molecule has 0 N–H and O–H groups in total. The molecule has 0 unspecified atom stereocenters. The Kier molecular flexibility index (Phi) is 2.12. The van der Waals surface area contributed by atoms with E-state index in [-0.39, 0.29) is 11.8 Å². The number of hydrogen-bond acceptors (Lipinski definition) is 1. The Morgan fingerprint density at radius 1 is 0.947 bits per heavy atom. The Bertz CT molecular complexity index is 770. The maximum atomic E-state index is 12.2. The van der Waals surface area contributed by atoms with E-state index in [9.17, 15) is 4.79 Å². The highest BCUT2D eigenvalue weighted by Crippen LogP contribution is 2.36. The van der Waals surface area contributed by atoms with Crippen LogP contribution in [0.4, 0.5) is 0 Å². The number of Topliss-reactive ketones (excluding diaryl/α,β-unsaturated/α-hetero) is 1. The highest BCUT2D eigenvalue weighted by Gasteiger charge is 2.31. The molecule has 1 aliphatic rings. The van der Waals surface area contributed by atoms with Crippen LogP contribution in [-0.4, -0.2) is 10.4 Å². The number of hydrogen-bond donors (Lipinski definition) is 0. The summed E-state index contributed by atoms with van der Waals surface area (Å²) in [7, 11) is 0. The molecule has 0 aliphatic carbocycles. The molecule has 1 atom stereocenters. The molecule has 0 saturated carbocycles. The molecule has 1 aromatic heterocycles. The van der Waals surface area contributed by atoms with Gasteiger partial charge in [-0.25, -0.2) is 0 Å². The maximum absolute atomic E-state index is 12.2. The predicted octanol–water partition coefficient (Wildman–Crippen LogP) is 3.82. The van der Waals surface area contributed by atoms with Crippen molar-refractivity contribution in [2.75, 3.05) is 0 Å². The minimum Gasteiger partial charge on any atom is -0.330 e. The first-order valence-corrected chi connectivity index (χ1v) is 6.53. The van der Waals surface area contributed by atoms with Gasteiger partial charge in [0.2, 0.25) is 0 Å². The average molecular weight is 247 g/mol. The van der Waals surface area contributed by atoms with Crippen LogP contribution in [0.1, 0.15) is 28.5 Å². The fourth-order valence-corrected chi connectivity index (χ4v) is 3.04. The lowest BCUT2D eigenvalue weighted by molar-refractivity contribution is 0.0991. The van der Waals surface area contributed by atoms with E-state index in [0.29, 0.717) is 6.42 Å². The average Bonchev–Trinajstić information content (AvgIpc) is 2.98. The fourth-order valence-electron chi connectivity index (χ4n) is 3.04. The van der Waals surface area contributed by atoms with Crippen molar-refractivity contribution < 1.29 is 4.79 Å². The number of ketones is 1. The lowest BCUT2D eigenvalue weighted by Gasteiger charge is -2.14. The molecule has 19 heavy (non-hydrogen) atoms. The highest BCUT2D eigenvalue weighted by atomic mass is 16.1. The second-order valence-electron chi connectivity index (χ2n) is 5.01. The van der Waals surface area contributed by atoms with Crippen LogP contribution in [0.15, 0.2) is 60.7 Å². The Hall–Kier alpha value is -2.35. The second-order valence-corrected chi connectivity index (χ2v) is 5.01. The number of para-hydroxylation sites is 1. The van der Waals surface area contributed by atoms with Gasteiger partial charge in [-0.3, -0.25) is 4.79 Å². The van der Waals surface area contributed by atoms with E-state index in [1.54, 1.807) is 0 Å². The van der Waals surface area contributed by atoms with E-state index in [1.165, 1.54) is 5.56 Å². The van der Waals surface area contributed by atoms with Crippen molar-refractivity contribution >= 4 is 16.7 Å². The van der Waals surface area contributed by atoms with Crippen LogP contribution in [0, 0.1) is 0 Å². The maximum Gasteiger partial charge on any atom is 0.181 e. The van der Waals surface area contributed by atoms with E-state index < -0.39 is 0 Å². The molecule has 0 amide bonds. The predicted molar refractivity (Wildman–Crippen MR) is 75.5 cm³/mol. The van der Waals surface area contributed by atoms with Gasteiger partial charge in [-0.1, -0.05) is 48.5 Å². The molecule has 2 nitrogen and oxygen atoms in total. The zero-order chi connectivity index (χ0) is 12.8. The monoisotopic (exact) mass is 247 g/mol. The van der Waals surface area contributed by atoms with Gasteiger partial charge in [0.05, 0.1) is 11.7 Å². The third kappa shape index (κ3) is 1.46. The number of benzene rings is 2. The smallest absolute Gasteiger partial charge is 0.181 e. The molecule has 0 fully saturated rings. The Morgan fingerprint density at radius 2 is 1.68 bits per heavy atom. The molecular formula is C17H13NO. The van der Waals surface area contributed by atoms with Gasteiger partial charge in [-0.05, 0) is 17.7 Å². The van der Waals surface area contributed by atoms with Gasteiger partial charge < -0.3 is 4.57 Å². The molecule has 3 aromatic rings. The van der Waals surface area contributed by atoms with Crippen LogP contribution in [-0.2, 0) is 0 Å². The molecule has 0 radical (unpaired) electrons. The normalized spacial score (nSPS) is 17.9. The van der Waals surface area contributed by atoms with E-state index in [2.05, 4.69) is 28.8 Å². The Balaban J connectivity index is 1.98. The summed E-state index contributed by atoms with van der Waals surface area (Å²) in [5, 5.41) is 1.14. The minimum absolute atomic E-state index is 0.142. The molecule has 0 spiro atoms. The topological polar surface area (TPSA) is 22.0 Å². The first-order valence-electron chi connectivity index (χ1n) is 6.53. The molecule has 4 rings (SSSR count). The lowest BCUT2D eigenvalue weighted by atomic mass is 10.0.